The van der Waals surface area contributed by atoms with Crippen molar-refractivity contribution in [3.63, 3.8) is 0 Å². The summed E-state index contributed by atoms with van der Waals surface area (Å²) < 4.78 is 2.28. The molecule has 1 rings (SSSR count). The van der Waals surface area contributed by atoms with E-state index in [9.17, 15) is 0 Å². The first-order chi connectivity index (χ1) is 5.75. The second-order valence-electron chi connectivity index (χ2n) is 3.93. The zero-order valence-electron chi connectivity index (χ0n) is 8.29. The van der Waals surface area contributed by atoms with Crippen LogP contribution in [0.3, 0.4) is 0 Å². The van der Waals surface area contributed by atoms with Crippen LogP contribution in [0.25, 0.3) is 0 Å². The summed E-state index contributed by atoms with van der Waals surface area (Å²) in [7, 11) is 0. The summed E-state index contributed by atoms with van der Waals surface area (Å²) in [6.07, 6.45) is 8.15. The molecule has 12 heavy (non-hydrogen) atoms. The average molecular weight is 187 g/mol. The van der Waals surface area contributed by atoms with Gasteiger partial charge in [0, 0.05) is 12.1 Å². The minimum atomic E-state index is 0.636. The number of hydrogen-bond acceptors (Lipinski definition) is 2. The molecule has 0 spiro atoms. The van der Waals surface area contributed by atoms with Crippen molar-refractivity contribution in [1.82, 2.24) is 4.31 Å². The summed E-state index contributed by atoms with van der Waals surface area (Å²) in [5, 5.41) is 0. The molecular formula is C10H21NS. The maximum atomic E-state index is 4.58. The first-order valence-electron chi connectivity index (χ1n) is 5.23. The molecule has 2 heteroatoms. The first kappa shape index (κ1) is 10.4. The number of thiol groups is 1. The third kappa shape index (κ3) is 2.67. The molecule has 1 unspecified atom stereocenters. The molecule has 0 aromatic rings. The van der Waals surface area contributed by atoms with Crippen molar-refractivity contribution >= 4 is 12.8 Å². The normalized spacial score (nSPS) is 23.0. The van der Waals surface area contributed by atoms with Gasteiger partial charge in [0.15, 0.2) is 0 Å². The van der Waals surface area contributed by atoms with Gasteiger partial charge in [-0.2, -0.15) is 0 Å². The molecule has 1 nitrogen and oxygen atoms in total. The van der Waals surface area contributed by atoms with E-state index in [1.165, 1.54) is 38.5 Å². The lowest BCUT2D eigenvalue weighted by Crippen LogP contribution is -2.35. The van der Waals surface area contributed by atoms with Gasteiger partial charge < -0.3 is 0 Å². The minimum Gasteiger partial charge on any atom is -0.247 e. The van der Waals surface area contributed by atoms with E-state index >= 15 is 0 Å². The Hall–Kier alpha value is 0.310. The van der Waals surface area contributed by atoms with Crippen molar-refractivity contribution in [2.24, 2.45) is 0 Å². The molecule has 0 radical (unpaired) electrons. The number of hydrogen-bond donors (Lipinski definition) is 1. The van der Waals surface area contributed by atoms with Crippen LogP contribution in [0.4, 0.5) is 0 Å². The van der Waals surface area contributed by atoms with E-state index in [1.54, 1.807) is 0 Å². The summed E-state index contributed by atoms with van der Waals surface area (Å²) in [4.78, 5) is 0. The van der Waals surface area contributed by atoms with Crippen LogP contribution in [0.15, 0.2) is 0 Å². The van der Waals surface area contributed by atoms with Crippen LogP contribution < -0.4 is 0 Å². The van der Waals surface area contributed by atoms with Gasteiger partial charge in [0.25, 0.3) is 0 Å². The molecule has 0 heterocycles. The summed E-state index contributed by atoms with van der Waals surface area (Å²) in [5.41, 5.74) is 0. The monoisotopic (exact) mass is 187 g/mol. The molecule has 0 aliphatic heterocycles. The van der Waals surface area contributed by atoms with E-state index in [1.807, 2.05) is 0 Å². The maximum absolute atomic E-state index is 4.58. The highest BCUT2D eigenvalue weighted by Gasteiger charge is 2.21. The third-order valence-electron chi connectivity index (χ3n) is 2.99. The highest BCUT2D eigenvalue weighted by Crippen LogP contribution is 2.25. The second kappa shape index (κ2) is 5.13. The molecule has 0 saturated heterocycles. The molecule has 72 valence electrons. The lowest BCUT2D eigenvalue weighted by molar-refractivity contribution is 0.228. The van der Waals surface area contributed by atoms with Gasteiger partial charge in [-0.05, 0) is 26.2 Å². The molecular weight excluding hydrogens is 166 g/mol. The van der Waals surface area contributed by atoms with Gasteiger partial charge in [-0.25, -0.2) is 4.31 Å². The Bertz CT molecular complexity index is 121. The molecule has 1 aliphatic carbocycles. The van der Waals surface area contributed by atoms with Gasteiger partial charge in [-0.1, -0.05) is 39.0 Å². The van der Waals surface area contributed by atoms with Gasteiger partial charge in [-0.15, -0.1) is 0 Å². The highest BCUT2D eigenvalue weighted by molar-refractivity contribution is 7.77. The average Bonchev–Trinajstić information content (AvgIpc) is 2.17. The van der Waals surface area contributed by atoms with Crippen molar-refractivity contribution in [2.45, 2.75) is 64.5 Å². The van der Waals surface area contributed by atoms with Gasteiger partial charge in [0.05, 0.1) is 0 Å². The quantitative estimate of drug-likeness (QED) is 0.664. The van der Waals surface area contributed by atoms with Crippen LogP contribution in [0.5, 0.6) is 0 Å². The topological polar surface area (TPSA) is 3.24 Å². The standard InChI is InChI=1S/C10H21NS/c1-3-9(2)11(12)10-7-5-4-6-8-10/h9-10,12H,3-8H2,1-2H3. The largest absolute Gasteiger partial charge is 0.247 e. The van der Waals surface area contributed by atoms with E-state index in [2.05, 4.69) is 31.0 Å². The fourth-order valence-electron chi connectivity index (χ4n) is 1.89. The molecule has 0 amide bonds. The zero-order valence-corrected chi connectivity index (χ0v) is 9.19. The van der Waals surface area contributed by atoms with E-state index < -0.39 is 0 Å². The smallest absolute Gasteiger partial charge is 0.0203 e. The van der Waals surface area contributed by atoms with Crippen molar-refractivity contribution < 1.29 is 0 Å². The second-order valence-corrected chi connectivity index (χ2v) is 4.39. The fraction of sp³-hybridized carbons (Fsp3) is 1.00. The Morgan fingerprint density at radius 2 is 1.92 bits per heavy atom. The molecule has 0 bridgehead atoms. The fourth-order valence-corrected chi connectivity index (χ4v) is 2.29. The predicted molar refractivity (Wildman–Crippen MR) is 57.5 cm³/mol. The molecule has 1 saturated carbocycles. The van der Waals surface area contributed by atoms with Crippen molar-refractivity contribution in [3.8, 4) is 0 Å². The molecule has 1 fully saturated rings. The number of rotatable bonds is 3. The van der Waals surface area contributed by atoms with Crippen LogP contribution >= 0.6 is 12.8 Å². The van der Waals surface area contributed by atoms with E-state index in [4.69, 9.17) is 0 Å². The maximum Gasteiger partial charge on any atom is 0.0203 e. The van der Waals surface area contributed by atoms with Gasteiger partial charge in [0.1, 0.15) is 0 Å². The van der Waals surface area contributed by atoms with Crippen LogP contribution in [0.1, 0.15) is 52.4 Å². The van der Waals surface area contributed by atoms with Gasteiger partial charge >= 0.3 is 0 Å². The van der Waals surface area contributed by atoms with E-state index in [0.717, 1.165) is 6.04 Å². The van der Waals surface area contributed by atoms with Crippen LogP contribution in [0.2, 0.25) is 0 Å². The Morgan fingerprint density at radius 1 is 1.33 bits per heavy atom. The third-order valence-corrected chi connectivity index (χ3v) is 3.71. The van der Waals surface area contributed by atoms with Gasteiger partial charge in [0.2, 0.25) is 0 Å². The Balaban J connectivity index is 2.33. The summed E-state index contributed by atoms with van der Waals surface area (Å²) in [5.74, 6) is 0. The van der Waals surface area contributed by atoms with Crippen LogP contribution in [0, 0.1) is 0 Å². The summed E-state index contributed by atoms with van der Waals surface area (Å²) >= 11 is 4.58. The summed E-state index contributed by atoms with van der Waals surface area (Å²) in [6.45, 7) is 4.50. The van der Waals surface area contributed by atoms with Gasteiger partial charge in [-0.3, -0.25) is 0 Å². The predicted octanol–water partition coefficient (Wildman–Crippen LogP) is 3.26. The molecule has 0 N–H and O–H groups in total. The minimum absolute atomic E-state index is 0.636. The number of nitrogens with zero attached hydrogens (tertiary/aromatic N) is 1. The molecule has 1 atom stereocenters. The Labute approximate surface area is 82.1 Å². The lowest BCUT2D eigenvalue weighted by Gasteiger charge is -2.33. The Kier molecular flexibility index (Phi) is 4.44. The van der Waals surface area contributed by atoms with Crippen LogP contribution in [-0.2, 0) is 0 Å². The molecule has 0 aromatic carbocycles. The SMILES string of the molecule is CCC(C)N(S)C1CCCCC1. The van der Waals surface area contributed by atoms with E-state index in [0.29, 0.717) is 6.04 Å². The van der Waals surface area contributed by atoms with E-state index in [-0.39, 0.29) is 0 Å². The van der Waals surface area contributed by atoms with Crippen molar-refractivity contribution in [2.75, 3.05) is 0 Å². The van der Waals surface area contributed by atoms with Crippen molar-refractivity contribution in [1.29, 1.82) is 0 Å². The molecule has 0 aromatic heterocycles. The zero-order chi connectivity index (χ0) is 8.97. The first-order valence-corrected chi connectivity index (χ1v) is 5.63. The van der Waals surface area contributed by atoms with Crippen molar-refractivity contribution in [3.05, 3.63) is 0 Å². The van der Waals surface area contributed by atoms with Crippen LogP contribution in [-0.4, -0.2) is 16.4 Å². The highest BCUT2D eigenvalue weighted by atomic mass is 32.1. The summed E-state index contributed by atoms with van der Waals surface area (Å²) in [6, 6.07) is 1.38. The Morgan fingerprint density at radius 3 is 2.42 bits per heavy atom. The molecule has 1 aliphatic rings. The lowest BCUT2D eigenvalue weighted by atomic mass is 9.95.